The summed E-state index contributed by atoms with van der Waals surface area (Å²) in [5.74, 6) is 0.932. The molecule has 0 radical (unpaired) electrons. The number of carbonyl (C=O) groups excluding carboxylic acids is 1. The molecule has 0 spiro atoms. The zero-order valence-electron chi connectivity index (χ0n) is 10.9. The lowest BCUT2D eigenvalue weighted by Gasteiger charge is -2.32. The van der Waals surface area contributed by atoms with E-state index in [4.69, 9.17) is 0 Å². The largest absolute Gasteiger partial charge is 0.328 e. The van der Waals surface area contributed by atoms with Crippen LogP contribution in [-0.4, -0.2) is 20.5 Å². The van der Waals surface area contributed by atoms with Crippen LogP contribution in [0.2, 0.25) is 0 Å². The molecule has 0 fully saturated rings. The van der Waals surface area contributed by atoms with Gasteiger partial charge in [-0.25, -0.2) is 4.68 Å². The molecule has 5 nitrogen and oxygen atoms in total. The Balaban J connectivity index is 1.93. The fourth-order valence-electron chi connectivity index (χ4n) is 3.04. The number of allylic oxidation sites excluding steroid dienone is 2. The molecule has 4 rings (SSSR count). The van der Waals surface area contributed by atoms with Crippen molar-refractivity contribution in [1.29, 1.82) is 0 Å². The first-order chi connectivity index (χ1) is 9.84. The highest BCUT2D eigenvalue weighted by Gasteiger charge is 2.35. The highest BCUT2D eigenvalue weighted by molar-refractivity contribution is 5.99. The van der Waals surface area contributed by atoms with Gasteiger partial charge in [-0.3, -0.25) is 4.79 Å². The topological polar surface area (TPSA) is 59.8 Å². The minimum atomic E-state index is -0.155. The SMILES string of the molecule is O=C1CCCC2=C1[C@H](c1ccccc1)n1ncnc1N2. The molecule has 0 bridgehead atoms. The third-order valence-corrected chi connectivity index (χ3v) is 3.93. The third-order valence-electron chi connectivity index (χ3n) is 3.93. The summed E-state index contributed by atoms with van der Waals surface area (Å²) in [4.78, 5) is 16.6. The quantitative estimate of drug-likeness (QED) is 0.860. The number of anilines is 1. The molecule has 5 heteroatoms. The van der Waals surface area contributed by atoms with E-state index in [0.717, 1.165) is 29.7 Å². The zero-order chi connectivity index (χ0) is 13.5. The predicted molar refractivity (Wildman–Crippen MR) is 74.1 cm³/mol. The van der Waals surface area contributed by atoms with Crippen molar-refractivity contribution in [2.24, 2.45) is 0 Å². The normalized spacial score (nSPS) is 21.2. The van der Waals surface area contributed by atoms with Crippen molar-refractivity contribution in [3.8, 4) is 0 Å². The number of nitrogens with zero attached hydrogens (tertiary/aromatic N) is 3. The maximum absolute atomic E-state index is 12.4. The van der Waals surface area contributed by atoms with Crippen molar-refractivity contribution in [3.05, 3.63) is 53.5 Å². The number of rotatable bonds is 1. The Morgan fingerprint density at radius 2 is 2.05 bits per heavy atom. The second kappa shape index (κ2) is 4.30. The molecule has 1 N–H and O–H groups in total. The molecule has 1 atom stereocenters. The van der Waals surface area contributed by atoms with Crippen molar-refractivity contribution >= 4 is 11.7 Å². The Bertz CT molecular complexity index is 702. The van der Waals surface area contributed by atoms with Gasteiger partial charge in [-0.15, -0.1) is 0 Å². The first-order valence-electron chi connectivity index (χ1n) is 6.82. The minimum Gasteiger partial charge on any atom is -0.328 e. The second-order valence-corrected chi connectivity index (χ2v) is 5.14. The molecular formula is C15H14N4O. The molecule has 2 aromatic rings. The Labute approximate surface area is 116 Å². The Morgan fingerprint density at radius 1 is 1.20 bits per heavy atom. The van der Waals surface area contributed by atoms with E-state index >= 15 is 0 Å². The van der Waals surface area contributed by atoms with E-state index < -0.39 is 0 Å². The van der Waals surface area contributed by atoms with Crippen LogP contribution in [0.15, 0.2) is 47.9 Å². The molecular weight excluding hydrogens is 252 g/mol. The first-order valence-corrected chi connectivity index (χ1v) is 6.82. The molecule has 1 aromatic heterocycles. The second-order valence-electron chi connectivity index (χ2n) is 5.14. The number of carbonyl (C=O) groups is 1. The van der Waals surface area contributed by atoms with Crippen molar-refractivity contribution in [1.82, 2.24) is 14.8 Å². The van der Waals surface area contributed by atoms with Crippen LogP contribution >= 0.6 is 0 Å². The summed E-state index contributed by atoms with van der Waals surface area (Å²) < 4.78 is 1.80. The van der Waals surface area contributed by atoms with Gasteiger partial charge in [-0.1, -0.05) is 30.3 Å². The molecule has 0 saturated heterocycles. The Morgan fingerprint density at radius 3 is 2.90 bits per heavy atom. The van der Waals surface area contributed by atoms with Gasteiger partial charge in [-0.05, 0) is 18.4 Å². The highest BCUT2D eigenvalue weighted by Crippen LogP contribution is 2.39. The van der Waals surface area contributed by atoms with Crippen LogP contribution in [0.5, 0.6) is 0 Å². The molecule has 100 valence electrons. The summed E-state index contributed by atoms with van der Waals surface area (Å²) >= 11 is 0. The molecule has 20 heavy (non-hydrogen) atoms. The van der Waals surface area contributed by atoms with Crippen molar-refractivity contribution in [3.63, 3.8) is 0 Å². The number of fused-ring (bicyclic) bond motifs is 1. The number of nitrogens with one attached hydrogen (secondary N) is 1. The summed E-state index contributed by atoms with van der Waals surface area (Å²) in [7, 11) is 0. The summed E-state index contributed by atoms with van der Waals surface area (Å²) in [6.45, 7) is 0. The van der Waals surface area contributed by atoms with Gasteiger partial charge in [0.1, 0.15) is 12.4 Å². The molecule has 0 amide bonds. The van der Waals surface area contributed by atoms with Crippen LogP contribution in [0.1, 0.15) is 30.9 Å². The molecule has 2 heterocycles. The Hall–Kier alpha value is -2.43. The van der Waals surface area contributed by atoms with Crippen LogP contribution in [0.25, 0.3) is 0 Å². The van der Waals surface area contributed by atoms with Gasteiger partial charge < -0.3 is 5.32 Å². The standard InChI is InChI=1S/C15H14N4O/c20-12-8-4-7-11-13(12)14(10-5-2-1-3-6-10)19-15(18-11)16-9-17-19/h1-3,5-6,9,14H,4,7-8H2,(H,16,17,18)/t14-/m0/s1. The van der Waals surface area contributed by atoms with Gasteiger partial charge in [0, 0.05) is 17.7 Å². The van der Waals surface area contributed by atoms with Crippen LogP contribution in [0.4, 0.5) is 5.95 Å². The van der Waals surface area contributed by atoms with E-state index in [2.05, 4.69) is 15.4 Å². The summed E-state index contributed by atoms with van der Waals surface area (Å²) in [5.41, 5.74) is 2.93. The van der Waals surface area contributed by atoms with E-state index in [1.54, 1.807) is 4.68 Å². The van der Waals surface area contributed by atoms with Gasteiger partial charge in [0.05, 0.1) is 0 Å². The maximum atomic E-state index is 12.4. The minimum absolute atomic E-state index is 0.155. The number of hydrogen-bond donors (Lipinski definition) is 1. The number of hydrogen-bond acceptors (Lipinski definition) is 4. The van der Waals surface area contributed by atoms with E-state index in [1.807, 2.05) is 30.3 Å². The monoisotopic (exact) mass is 266 g/mol. The number of ketones is 1. The average Bonchev–Trinajstić information content (AvgIpc) is 2.94. The first kappa shape index (κ1) is 11.4. The average molecular weight is 266 g/mol. The smallest absolute Gasteiger partial charge is 0.226 e. The van der Waals surface area contributed by atoms with Gasteiger partial charge in [0.15, 0.2) is 5.78 Å². The lowest BCUT2D eigenvalue weighted by Crippen LogP contribution is -2.31. The lowest BCUT2D eigenvalue weighted by molar-refractivity contribution is -0.116. The molecule has 1 aromatic carbocycles. The molecule has 0 unspecified atom stereocenters. The highest BCUT2D eigenvalue weighted by atomic mass is 16.1. The van der Waals surface area contributed by atoms with Crippen molar-refractivity contribution < 1.29 is 4.79 Å². The lowest BCUT2D eigenvalue weighted by atomic mass is 9.85. The molecule has 2 aliphatic rings. The van der Waals surface area contributed by atoms with E-state index in [1.165, 1.54) is 6.33 Å². The number of Topliss-reactive ketones (excluding diaryl/α,β-unsaturated/α-hetero) is 1. The Kier molecular flexibility index (Phi) is 2.45. The van der Waals surface area contributed by atoms with E-state index in [0.29, 0.717) is 12.4 Å². The van der Waals surface area contributed by atoms with E-state index in [-0.39, 0.29) is 11.8 Å². The fraction of sp³-hybridized carbons (Fsp3) is 0.267. The maximum Gasteiger partial charge on any atom is 0.226 e. The van der Waals surface area contributed by atoms with Crippen molar-refractivity contribution in [2.45, 2.75) is 25.3 Å². The zero-order valence-corrected chi connectivity index (χ0v) is 10.9. The fourth-order valence-corrected chi connectivity index (χ4v) is 3.04. The summed E-state index contributed by atoms with van der Waals surface area (Å²) in [5, 5.41) is 7.55. The van der Waals surface area contributed by atoms with Gasteiger partial charge in [0.25, 0.3) is 0 Å². The van der Waals surface area contributed by atoms with Gasteiger partial charge in [0.2, 0.25) is 5.95 Å². The van der Waals surface area contributed by atoms with Crippen LogP contribution in [0.3, 0.4) is 0 Å². The van der Waals surface area contributed by atoms with Gasteiger partial charge in [-0.2, -0.15) is 10.1 Å². The van der Waals surface area contributed by atoms with Crippen LogP contribution in [-0.2, 0) is 4.79 Å². The number of aromatic nitrogens is 3. The van der Waals surface area contributed by atoms with Crippen LogP contribution < -0.4 is 5.32 Å². The summed E-state index contributed by atoms with van der Waals surface area (Å²) in [6, 6.07) is 9.87. The summed E-state index contributed by atoms with van der Waals surface area (Å²) in [6.07, 6.45) is 3.95. The third kappa shape index (κ3) is 1.59. The van der Waals surface area contributed by atoms with Crippen LogP contribution in [0, 0.1) is 0 Å². The molecule has 1 aliphatic heterocycles. The van der Waals surface area contributed by atoms with Crippen molar-refractivity contribution in [2.75, 3.05) is 5.32 Å². The molecule has 0 saturated carbocycles. The van der Waals surface area contributed by atoms with E-state index in [9.17, 15) is 4.79 Å². The van der Waals surface area contributed by atoms with Gasteiger partial charge >= 0.3 is 0 Å². The number of benzene rings is 1. The molecule has 1 aliphatic carbocycles. The predicted octanol–water partition coefficient (Wildman–Crippen LogP) is 2.30.